The van der Waals surface area contributed by atoms with E-state index in [9.17, 15) is 0 Å². The molecule has 1 aliphatic rings. The first-order valence-electron chi connectivity index (χ1n) is 4.52. The monoisotopic (exact) mass is 202 g/mol. The van der Waals surface area contributed by atoms with Gasteiger partial charge in [0.15, 0.2) is 0 Å². The smallest absolute Gasteiger partial charge is 0.0125 e. The average Bonchev–Trinajstić information content (AvgIpc) is 2.13. The first-order chi connectivity index (χ1) is 5.84. The molecule has 0 aromatic heterocycles. The van der Waals surface area contributed by atoms with Crippen LogP contribution in [0.3, 0.4) is 0 Å². The molecule has 0 bridgehead atoms. The van der Waals surface area contributed by atoms with Gasteiger partial charge in [0.25, 0.3) is 0 Å². The normalized spacial score (nSPS) is 28.2. The Hall–Kier alpha value is 0.260. The van der Waals surface area contributed by atoms with Gasteiger partial charge in [-0.05, 0) is 11.8 Å². The van der Waals surface area contributed by atoms with Crippen LogP contribution in [-0.4, -0.2) is 11.5 Å². The molecule has 1 fully saturated rings. The minimum atomic E-state index is 0.774. The Labute approximate surface area is 84.7 Å². The third-order valence-corrected chi connectivity index (χ3v) is 4.59. The summed E-state index contributed by atoms with van der Waals surface area (Å²) < 4.78 is 0. The summed E-state index contributed by atoms with van der Waals surface area (Å²) in [5.74, 6) is 6.86. The third kappa shape index (κ3) is 4.33. The molecule has 0 amide bonds. The molecule has 0 saturated carbocycles. The van der Waals surface area contributed by atoms with Crippen LogP contribution in [0.1, 0.15) is 27.2 Å². The lowest BCUT2D eigenvalue weighted by Crippen LogP contribution is -2.18. The van der Waals surface area contributed by atoms with Crippen molar-refractivity contribution in [2.45, 2.75) is 27.2 Å². The standard InChI is InChI=1S/C8H12S2.C2H6/c1-3-4-8-6-10-9-5-7(8)2;1-2/h1,7-8H,4-6H2,2H3;1-2H3. The van der Waals surface area contributed by atoms with Crippen molar-refractivity contribution in [3.05, 3.63) is 0 Å². The summed E-state index contributed by atoms with van der Waals surface area (Å²) in [6.45, 7) is 6.30. The summed E-state index contributed by atoms with van der Waals surface area (Å²) in [7, 11) is 3.95. The van der Waals surface area contributed by atoms with Crippen LogP contribution in [-0.2, 0) is 0 Å². The molecule has 2 unspecified atom stereocenters. The molecule has 0 aliphatic carbocycles. The van der Waals surface area contributed by atoms with E-state index >= 15 is 0 Å². The highest BCUT2D eigenvalue weighted by Crippen LogP contribution is 2.37. The fourth-order valence-electron chi connectivity index (χ4n) is 1.00. The lowest BCUT2D eigenvalue weighted by atomic mass is 9.95. The summed E-state index contributed by atoms with van der Waals surface area (Å²) in [6, 6.07) is 0. The highest BCUT2D eigenvalue weighted by molar-refractivity contribution is 8.76. The molecule has 1 heterocycles. The van der Waals surface area contributed by atoms with Crippen LogP contribution in [0.15, 0.2) is 0 Å². The molecule has 1 aliphatic heterocycles. The van der Waals surface area contributed by atoms with Crippen LogP contribution >= 0.6 is 21.6 Å². The molecule has 0 spiro atoms. The van der Waals surface area contributed by atoms with Gasteiger partial charge in [0, 0.05) is 17.9 Å². The zero-order valence-corrected chi connectivity index (χ0v) is 9.80. The lowest BCUT2D eigenvalue weighted by Gasteiger charge is -2.25. The Kier molecular flexibility index (Phi) is 8.06. The summed E-state index contributed by atoms with van der Waals surface area (Å²) in [5.41, 5.74) is 0. The van der Waals surface area contributed by atoms with Crippen molar-refractivity contribution in [2.75, 3.05) is 11.5 Å². The maximum atomic E-state index is 5.26. The van der Waals surface area contributed by atoms with Gasteiger partial charge in [0.05, 0.1) is 0 Å². The molecular weight excluding hydrogens is 184 g/mol. The highest BCUT2D eigenvalue weighted by Gasteiger charge is 2.20. The van der Waals surface area contributed by atoms with Crippen molar-refractivity contribution in [3.8, 4) is 12.3 Å². The molecule has 0 aromatic carbocycles. The van der Waals surface area contributed by atoms with Gasteiger partial charge in [-0.15, -0.1) is 12.3 Å². The zero-order chi connectivity index (χ0) is 9.40. The fourth-order valence-corrected chi connectivity index (χ4v) is 4.05. The van der Waals surface area contributed by atoms with Gasteiger partial charge in [-0.1, -0.05) is 42.4 Å². The Balaban J connectivity index is 0.000000561. The third-order valence-electron chi connectivity index (χ3n) is 1.88. The van der Waals surface area contributed by atoms with Crippen LogP contribution in [0.25, 0.3) is 0 Å². The minimum absolute atomic E-state index is 0.774. The molecule has 1 saturated heterocycles. The summed E-state index contributed by atoms with van der Waals surface area (Å²) in [4.78, 5) is 0. The van der Waals surface area contributed by atoms with E-state index < -0.39 is 0 Å². The second kappa shape index (κ2) is 7.89. The van der Waals surface area contributed by atoms with E-state index in [1.165, 1.54) is 11.5 Å². The second-order valence-corrected chi connectivity index (χ2v) is 5.27. The quantitative estimate of drug-likeness (QED) is 0.470. The van der Waals surface area contributed by atoms with Crippen molar-refractivity contribution in [1.82, 2.24) is 0 Å². The molecular formula is C10H18S2. The molecule has 12 heavy (non-hydrogen) atoms. The Bertz CT molecular complexity index is 137. The molecule has 0 radical (unpaired) electrons. The summed E-state index contributed by atoms with van der Waals surface area (Å²) in [5, 5.41) is 0. The van der Waals surface area contributed by atoms with Crippen LogP contribution < -0.4 is 0 Å². The van der Waals surface area contributed by atoms with E-state index in [0.717, 1.165) is 18.3 Å². The fraction of sp³-hybridized carbons (Fsp3) is 0.800. The van der Waals surface area contributed by atoms with E-state index in [4.69, 9.17) is 6.42 Å². The van der Waals surface area contributed by atoms with E-state index in [0.29, 0.717) is 0 Å². The van der Waals surface area contributed by atoms with Gasteiger partial charge < -0.3 is 0 Å². The first-order valence-corrected chi connectivity index (χ1v) is 7.01. The van der Waals surface area contributed by atoms with Crippen LogP contribution in [0.2, 0.25) is 0 Å². The Morgan fingerprint density at radius 1 is 1.33 bits per heavy atom. The van der Waals surface area contributed by atoms with Gasteiger partial charge in [0.1, 0.15) is 0 Å². The highest BCUT2D eigenvalue weighted by atomic mass is 33.1. The summed E-state index contributed by atoms with van der Waals surface area (Å²) >= 11 is 0. The first kappa shape index (κ1) is 12.3. The van der Waals surface area contributed by atoms with Crippen LogP contribution in [0.5, 0.6) is 0 Å². The average molecular weight is 202 g/mol. The van der Waals surface area contributed by atoms with Gasteiger partial charge in [-0.25, -0.2) is 0 Å². The molecule has 0 aromatic rings. The van der Waals surface area contributed by atoms with Gasteiger partial charge in [-0.3, -0.25) is 0 Å². The predicted molar refractivity (Wildman–Crippen MR) is 62.4 cm³/mol. The molecule has 0 N–H and O–H groups in total. The second-order valence-electron chi connectivity index (χ2n) is 2.71. The zero-order valence-electron chi connectivity index (χ0n) is 8.17. The van der Waals surface area contributed by atoms with Crippen LogP contribution in [0.4, 0.5) is 0 Å². The largest absolute Gasteiger partial charge is 0.120 e. The minimum Gasteiger partial charge on any atom is -0.120 e. The van der Waals surface area contributed by atoms with Crippen molar-refractivity contribution >= 4 is 21.6 Å². The van der Waals surface area contributed by atoms with Crippen molar-refractivity contribution < 1.29 is 0 Å². The van der Waals surface area contributed by atoms with Gasteiger partial charge >= 0.3 is 0 Å². The van der Waals surface area contributed by atoms with Gasteiger partial charge in [-0.2, -0.15) is 0 Å². The number of rotatable bonds is 1. The molecule has 2 atom stereocenters. The lowest BCUT2D eigenvalue weighted by molar-refractivity contribution is 0.442. The van der Waals surface area contributed by atoms with E-state index in [1.807, 2.05) is 35.4 Å². The Morgan fingerprint density at radius 3 is 2.42 bits per heavy atom. The maximum Gasteiger partial charge on any atom is 0.0125 e. The molecule has 70 valence electrons. The van der Waals surface area contributed by atoms with E-state index in [1.54, 1.807) is 0 Å². The topological polar surface area (TPSA) is 0 Å². The van der Waals surface area contributed by atoms with Crippen molar-refractivity contribution in [2.24, 2.45) is 11.8 Å². The predicted octanol–water partition coefficient (Wildman–Crippen LogP) is 3.68. The SMILES string of the molecule is C#CCC1CSSCC1C.CC. The van der Waals surface area contributed by atoms with Crippen molar-refractivity contribution in [3.63, 3.8) is 0 Å². The summed E-state index contributed by atoms with van der Waals surface area (Å²) in [6.07, 6.45) is 6.22. The van der Waals surface area contributed by atoms with E-state index in [-0.39, 0.29) is 0 Å². The maximum absolute atomic E-state index is 5.26. The van der Waals surface area contributed by atoms with Crippen LogP contribution in [0, 0.1) is 24.2 Å². The van der Waals surface area contributed by atoms with Gasteiger partial charge in [0.2, 0.25) is 0 Å². The number of hydrogen-bond donors (Lipinski definition) is 0. The van der Waals surface area contributed by atoms with Crippen molar-refractivity contribution in [1.29, 1.82) is 0 Å². The molecule has 2 heteroatoms. The number of hydrogen-bond acceptors (Lipinski definition) is 2. The Morgan fingerprint density at radius 2 is 1.92 bits per heavy atom. The number of terminal acetylenes is 1. The molecule has 1 rings (SSSR count). The molecule has 0 nitrogen and oxygen atoms in total. The van der Waals surface area contributed by atoms with E-state index in [2.05, 4.69) is 12.8 Å².